The van der Waals surface area contributed by atoms with Gasteiger partial charge in [-0.3, -0.25) is 0 Å². The van der Waals surface area contributed by atoms with Crippen LogP contribution >= 0.6 is 0 Å². The third-order valence-corrected chi connectivity index (χ3v) is 3.35. The van der Waals surface area contributed by atoms with Gasteiger partial charge in [0.15, 0.2) is 0 Å². The second-order valence-electron chi connectivity index (χ2n) is 3.84. The van der Waals surface area contributed by atoms with Gasteiger partial charge in [-0.05, 0) is 22.3 Å². The van der Waals surface area contributed by atoms with E-state index in [-0.39, 0.29) is 0 Å². The molecule has 2 aliphatic rings. The van der Waals surface area contributed by atoms with Gasteiger partial charge in [-0.15, -0.1) is 0 Å². The second-order valence-corrected chi connectivity index (χ2v) is 3.84. The first kappa shape index (κ1) is 5.98. The van der Waals surface area contributed by atoms with Gasteiger partial charge in [-0.2, -0.15) is 0 Å². The summed E-state index contributed by atoms with van der Waals surface area (Å²) in [6, 6.07) is 17.5. The first-order valence-electron chi connectivity index (χ1n) is 4.65. The highest BCUT2D eigenvalue weighted by Crippen LogP contribution is 2.70. The molecule has 0 heterocycles. The molecule has 0 unspecified atom stereocenters. The van der Waals surface area contributed by atoms with Crippen LogP contribution in [0, 0.1) is 0 Å². The topological polar surface area (TPSA) is 0 Å². The molecule has 2 aromatic carbocycles. The fourth-order valence-corrected chi connectivity index (χ4v) is 2.69. The zero-order valence-corrected chi connectivity index (χ0v) is 7.12. The van der Waals surface area contributed by atoms with Crippen LogP contribution in [0.5, 0.6) is 0 Å². The maximum Gasteiger partial charge on any atom is 0.0714 e. The van der Waals surface area contributed by atoms with E-state index in [1.54, 1.807) is 0 Å². The Bertz CT molecular complexity index is 424. The Morgan fingerprint density at radius 2 is 0.846 bits per heavy atom. The van der Waals surface area contributed by atoms with Crippen molar-refractivity contribution in [3.63, 3.8) is 0 Å². The molecule has 0 heteroatoms. The minimum atomic E-state index is 0.312. The van der Waals surface area contributed by atoms with E-state index in [4.69, 9.17) is 0 Å². The van der Waals surface area contributed by atoms with E-state index in [1.165, 1.54) is 22.3 Å². The van der Waals surface area contributed by atoms with Crippen LogP contribution in [0.25, 0.3) is 0 Å². The third kappa shape index (κ3) is 0.455. The maximum atomic E-state index is 2.25. The molecule has 0 nitrogen and oxygen atoms in total. The van der Waals surface area contributed by atoms with E-state index in [0.717, 1.165) is 0 Å². The van der Waals surface area contributed by atoms with Crippen LogP contribution in [-0.2, 0) is 5.41 Å². The molecule has 0 aliphatic heterocycles. The molecule has 0 N–H and O–H groups in total. The summed E-state index contributed by atoms with van der Waals surface area (Å²) >= 11 is 0. The summed E-state index contributed by atoms with van der Waals surface area (Å²) in [7, 11) is 0. The van der Waals surface area contributed by atoms with Crippen LogP contribution in [0.1, 0.15) is 22.3 Å². The van der Waals surface area contributed by atoms with Gasteiger partial charge in [0.2, 0.25) is 0 Å². The fourth-order valence-electron chi connectivity index (χ4n) is 2.69. The monoisotopic (exact) mass is 164 g/mol. The molecular weight excluding hydrogens is 156 g/mol. The Morgan fingerprint density at radius 1 is 0.538 bits per heavy atom. The number of fused-ring (bicyclic) bond motifs is 6. The summed E-state index contributed by atoms with van der Waals surface area (Å²) in [4.78, 5) is 0. The van der Waals surface area contributed by atoms with Crippen molar-refractivity contribution in [3.05, 3.63) is 70.8 Å². The summed E-state index contributed by atoms with van der Waals surface area (Å²) in [6.45, 7) is 0. The van der Waals surface area contributed by atoms with E-state index < -0.39 is 0 Å². The van der Waals surface area contributed by atoms with Crippen LogP contribution in [0.2, 0.25) is 0 Å². The molecular formula is C13H8. The molecule has 4 rings (SSSR count). The average Bonchev–Trinajstić information content (AvgIpc) is 3.06. The van der Waals surface area contributed by atoms with E-state index in [1.807, 2.05) is 0 Å². The number of hydrogen-bond acceptors (Lipinski definition) is 0. The predicted molar refractivity (Wildman–Crippen MR) is 51.9 cm³/mol. The van der Waals surface area contributed by atoms with Gasteiger partial charge in [0.1, 0.15) is 0 Å². The highest BCUT2D eigenvalue weighted by molar-refractivity contribution is 5.86. The zero-order valence-electron chi connectivity index (χ0n) is 7.12. The molecule has 2 aliphatic carbocycles. The van der Waals surface area contributed by atoms with Crippen molar-refractivity contribution in [2.45, 2.75) is 5.41 Å². The largest absolute Gasteiger partial charge is 0.0714 e. The fraction of sp³-hybridized carbons (Fsp3) is 0.0769. The van der Waals surface area contributed by atoms with Gasteiger partial charge in [-0.25, -0.2) is 0 Å². The summed E-state index contributed by atoms with van der Waals surface area (Å²) in [5.74, 6) is 0. The van der Waals surface area contributed by atoms with Crippen LogP contribution < -0.4 is 0 Å². The molecule has 0 aromatic heterocycles. The first-order valence-corrected chi connectivity index (χ1v) is 4.65. The summed E-state index contributed by atoms with van der Waals surface area (Å²) in [6.07, 6.45) is 0. The predicted octanol–water partition coefficient (Wildman–Crippen LogP) is 2.70. The Morgan fingerprint density at radius 3 is 1.15 bits per heavy atom. The minimum Gasteiger partial charge on any atom is -0.0619 e. The summed E-state index contributed by atoms with van der Waals surface area (Å²) in [5.41, 5.74) is 6.41. The molecule has 0 saturated heterocycles. The van der Waals surface area contributed by atoms with Crippen LogP contribution in [0.15, 0.2) is 48.5 Å². The van der Waals surface area contributed by atoms with Gasteiger partial charge in [-0.1, -0.05) is 48.5 Å². The molecule has 0 amide bonds. The van der Waals surface area contributed by atoms with Gasteiger partial charge in [0, 0.05) is 0 Å². The van der Waals surface area contributed by atoms with Crippen LogP contribution in [0.4, 0.5) is 0 Å². The SMILES string of the molecule is c1ccc2c(c1)C21c2ccccc21. The third-order valence-electron chi connectivity index (χ3n) is 3.35. The van der Waals surface area contributed by atoms with Crippen molar-refractivity contribution in [2.24, 2.45) is 0 Å². The Balaban J connectivity index is 2.01. The minimum absolute atomic E-state index is 0.312. The van der Waals surface area contributed by atoms with Crippen molar-refractivity contribution in [2.75, 3.05) is 0 Å². The van der Waals surface area contributed by atoms with Crippen LogP contribution in [0.3, 0.4) is 0 Å². The Kier molecular flexibility index (Phi) is 0.716. The maximum absolute atomic E-state index is 2.25. The lowest BCUT2D eigenvalue weighted by molar-refractivity contribution is 1.16. The molecule has 0 bridgehead atoms. The molecule has 0 atom stereocenters. The normalized spacial score (nSPS) is 17.8. The summed E-state index contributed by atoms with van der Waals surface area (Å²) in [5, 5.41) is 0. The van der Waals surface area contributed by atoms with E-state index in [2.05, 4.69) is 48.5 Å². The molecule has 2 aromatic rings. The average molecular weight is 164 g/mol. The lowest BCUT2D eigenvalue weighted by Gasteiger charge is -1.80. The van der Waals surface area contributed by atoms with Gasteiger partial charge < -0.3 is 0 Å². The molecule has 60 valence electrons. The molecule has 0 saturated carbocycles. The molecule has 13 heavy (non-hydrogen) atoms. The Labute approximate surface area is 76.8 Å². The molecule has 1 spiro atoms. The standard InChI is InChI=1S/C13H8/c1-2-6-10-9(5-1)13(10)11-7-3-4-8-12(11)13/h1-8H. The van der Waals surface area contributed by atoms with Gasteiger partial charge in [0.05, 0.1) is 5.41 Å². The smallest absolute Gasteiger partial charge is 0.0619 e. The van der Waals surface area contributed by atoms with Crippen LogP contribution in [-0.4, -0.2) is 0 Å². The summed E-state index contributed by atoms with van der Waals surface area (Å²) < 4.78 is 0. The first-order chi connectivity index (χ1) is 6.45. The number of hydrogen-bond donors (Lipinski definition) is 0. The van der Waals surface area contributed by atoms with Crippen molar-refractivity contribution in [1.29, 1.82) is 0 Å². The lowest BCUT2D eigenvalue weighted by Crippen LogP contribution is -1.79. The van der Waals surface area contributed by atoms with E-state index in [9.17, 15) is 0 Å². The van der Waals surface area contributed by atoms with E-state index in [0.29, 0.717) is 5.41 Å². The van der Waals surface area contributed by atoms with Gasteiger partial charge >= 0.3 is 0 Å². The molecule has 0 radical (unpaired) electrons. The van der Waals surface area contributed by atoms with E-state index >= 15 is 0 Å². The Hall–Kier alpha value is -1.56. The highest BCUT2D eigenvalue weighted by Gasteiger charge is 2.64. The van der Waals surface area contributed by atoms with Crippen molar-refractivity contribution < 1.29 is 0 Å². The quantitative estimate of drug-likeness (QED) is 0.375. The second kappa shape index (κ2) is 1.56. The molecule has 0 fully saturated rings. The van der Waals surface area contributed by atoms with Crippen molar-refractivity contribution >= 4 is 0 Å². The van der Waals surface area contributed by atoms with Crippen molar-refractivity contribution in [1.82, 2.24) is 0 Å². The number of rotatable bonds is 0. The number of benzene rings is 2. The van der Waals surface area contributed by atoms with Gasteiger partial charge in [0.25, 0.3) is 0 Å². The zero-order chi connectivity index (χ0) is 8.47. The highest BCUT2D eigenvalue weighted by atomic mass is 14.6. The van der Waals surface area contributed by atoms with Crippen molar-refractivity contribution in [3.8, 4) is 0 Å². The lowest BCUT2D eigenvalue weighted by atomic mass is 10.2.